The molecule has 166 valence electrons. The molecule has 1 fully saturated rings. The van der Waals surface area contributed by atoms with E-state index in [0.717, 1.165) is 38.3 Å². The Morgan fingerprint density at radius 1 is 1.03 bits per heavy atom. The number of aromatic amines is 1. The first-order chi connectivity index (χ1) is 15.2. The van der Waals surface area contributed by atoms with Crippen LogP contribution in [-0.2, 0) is 6.42 Å². The molecule has 5 nitrogen and oxygen atoms in total. The molecule has 0 spiro atoms. The lowest BCUT2D eigenvalue weighted by atomic mass is 10.1. The van der Waals surface area contributed by atoms with Gasteiger partial charge in [0.05, 0.1) is 6.61 Å². The van der Waals surface area contributed by atoms with Crippen LogP contribution in [0.15, 0.2) is 53.4 Å². The van der Waals surface area contributed by atoms with Crippen molar-refractivity contribution in [3.63, 3.8) is 0 Å². The average molecular weight is 439 g/mol. The molecule has 0 unspecified atom stereocenters. The molecule has 6 heteroatoms. The van der Waals surface area contributed by atoms with Gasteiger partial charge in [-0.3, -0.25) is 4.72 Å². The predicted molar refractivity (Wildman–Crippen MR) is 131 cm³/mol. The van der Waals surface area contributed by atoms with Gasteiger partial charge in [-0.15, -0.1) is 0 Å². The van der Waals surface area contributed by atoms with E-state index in [4.69, 9.17) is 4.74 Å². The predicted octanol–water partition coefficient (Wildman–Crippen LogP) is 4.33. The molecule has 3 aromatic rings. The van der Waals surface area contributed by atoms with Crippen LogP contribution in [0, 0.1) is 6.92 Å². The third-order valence-corrected chi connectivity index (χ3v) is 6.86. The molecule has 0 radical (unpaired) electrons. The Bertz CT molecular complexity index is 948. The minimum atomic E-state index is 0.779. The van der Waals surface area contributed by atoms with Crippen LogP contribution < -0.4 is 9.46 Å². The van der Waals surface area contributed by atoms with Gasteiger partial charge < -0.3 is 19.5 Å². The van der Waals surface area contributed by atoms with E-state index in [1.807, 2.05) is 0 Å². The first-order valence-electron chi connectivity index (χ1n) is 11.3. The molecular formula is C25H34N4OS. The summed E-state index contributed by atoms with van der Waals surface area (Å²) in [5.74, 6) is 0.956. The normalized spacial score (nSPS) is 15.5. The number of hydrogen-bond donors (Lipinski definition) is 2. The minimum Gasteiger partial charge on any atom is -0.494 e. The summed E-state index contributed by atoms with van der Waals surface area (Å²) in [5, 5.41) is 1.33. The standard InChI is InChI=1S/C25H34N4OS/c1-20-23(24-6-3-4-7-25(24)27-20)12-13-26-31-22-10-8-21(9-11-22)30-19-5-14-29-17-15-28(2)16-18-29/h3-4,6-11,26-27H,5,12-19H2,1-2H3. The maximum Gasteiger partial charge on any atom is 0.119 e. The Hall–Kier alpha value is -1.99. The van der Waals surface area contributed by atoms with Gasteiger partial charge in [-0.05, 0) is 74.7 Å². The number of para-hydroxylation sites is 1. The van der Waals surface area contributed by atoms with E-state index in [9.17, 15) is 0 Å². The largest absolute Gasteiger partial charge is 0.494 e. The highest BCUT2D eigenvalue weighted by atomic mass is 32.2. The number of nitrogens with zero attached hydrogens (tertiary/aromatic N) is 2. The second kappa shape index (κ2) is 11.0. The topological polar surface area (TPSA) is 43.5 Å². The average Bonchev–Trinajstić information content (AvgIpc) is 3.11. The van der Waals surface area contributed by atoms with Gasteiger partial charge in [0, 0.05) is 60.8 Å². The molecular weight excluding hydrogens is 404 g/mol. The van der Waals surface area contributed by atoms with E-state index in [1.165, 1.54) is 53.2 Å². The lowest BCUT2D eigenvalue weighted by Crippen LogP contribution is -2.44. The molecule has 31 heavy (non-hydrogen) atoms. The smallest absolute Gasteiger partial charge is 0.119 e. The quantitative estimate of drug-likeness (QED) is 0.364. The molecule has 0 saturated carbocycles. The van der Waals surface area contributed by atoms with Crippen molar-refractivity contribution < 1.29 is 4.74 Å². The van der Waals surface area contributed by atoms with Crippen LogP contribution in [0.1, 0.15) is 17.7 Å². The number of H-pyrrole nitrogens is 1. The van der Waals surface area contributed by atoms with Crippen molar-refractivity contribution in [1.29, 1.82) is 0 Å². The van der Waals surface area contributed by atoms with Crippen molar-refractivity contribution in [1.82, 2.24) is 19.5 Å². The second-order valence-corrected chi connectivity index (χ2v) is 9.30. The summed E-state index contributed by atoms with van der Waals surface area (Å²) in [4.78, 5) is 9.62. The lowest BCUT2D eigenvalue weighted by molar-refractivity contribution is 0.145. The number of piperazine rings is 1. The zero-order valence-electron chi connectivity index (χ0n) is 18.7. The molecule has 1 aromatic heterocycles. The fourth-order valence-corrected chi connectivity index (χ4v) is 4.76. The first-order valence-corrected chi connectivity index (χ1v) is 12.1. The van der Waals surface area contributed by atoms with Gasteiger partial charge in [-0.1, -0.05) is 18.2 Å². The van der Waals surface area contributed by atoms with E-state index in [1.54, 1.807) is 11.9 Å². The molecule has 1 aliphatic rings. The van der Waals surface area contributed by atoms with Crippen LogP contribution >= 0.6 is 11.9 Å². The van der Waals surface area contributed by atoms with Crippen LogP contribution in [0.2, 0.25) is 0 Å². The second-order valence-electron chi connectivity index (χ2n) is 8.34. The number of aryl methyl sites for hydroxylation is 1. The van der Waals surface area contributed by atoms with E-state index >= 15 is 0 Å². The fourth-order valence-electron chi connectivity index (χ4n) is 4.12. The molecule has 0 amide bonds. The Kier molecular flexibility index (Phi) is 7.92. The number of aromatic nitrogens is 1. The summed E-state index contributed by atoms with van der Waals surface area (Å²) in [7, 11) is 2.20. The molecule has 0 bridgehead atoms. The van der Waals surface area contributed by atoms with Crippen LogP contribution in [0.3, 0.4) is 0 Å². The van der Waals surface area contributed by atoms with Gasteiger partial charge in [-0.2, -0.15) is 0 Å². The number of likely N-dealkylation sites (N-methyl/N-ethyl adjacent to an activating group) is 1. The highest BCUT2D eigenvalue weighted by molar-refractivity contribution is 7.97. The SMILES string of the molecule is Cc1[nH]c2ccccc2c1CCNSc1ccc(OCCCN2CCN(C)CC2)cc1. The number of rotatable bonds is 10. The van der Waals surface area contributed by atoms with Crippen molar-refractivity contribution in [3.05, 3.63) is 59.8 Å². The summed E-state index contributed by atoms with van der Waals surface area (Å²) >= 11 is 1.68. The maximum atomic E-state index is 5.93. The number of fused-ring (bicyclic) bond motifs is 1. The molecule has 0 atom stereocenters. The molecule has 2 aromatic carbocycles. The highest BCUT2D eigenvalue weighted by Crippen LogP contribution is 2.23. The Labute approximate surface area is 190 Å². The van der Waals surface area contributed by atoms with Crippen LogP contribution in [0.4, 0.5) is 0 Å². The Balaban J connectivity index is 1.14. The Morgan fingerprint density at radius 3 is 2.61 bits per heavy atom. The van der Waals surface area contributed by atoms with Crippen molar-refractivity contribution in [3.8, 4) is 5.75 Å². The minimum absolute atomic E-state index is 0.779. The van der Waals surface area contributed by atoms with Crippen LogP contribution in [0.25, 0.3) is 10.9 Å². The van der Waals surface area contributed by atoms with Gasteiger partial charge in [-0.25, -0.2) is 0 Å². The summed E-state index contributed by atoms with van der Waals surface area (Å²) in [6.45, 7) is 9.70. The number of hydrogen-bond acceptors (Lipinski definition) is 5. The lowest BCUT2D eigenvalue weighted by Gasteiger charge is -2.32. The Morgan fingerprint density at radius 2 is 1.81 bits per heavy atom. The van der Waals surface area contributed by atoms with Crippen LogP contribution in [0.5, 0.6) is 5.75 Å². The summed E-state index contributed by atoms with van der Waals surface area (Å²) in [6, 6.07) is 16.9. The molecule has 2 heterocycles. The fraction of sp³-hybridized carbons (Fsp3) is 0.440. The molecule has 2 N–H and O–H groups in total. The van der Waals surface area contributed by atoms with E-state index in [-0.39, 0.29) is 0 Å². The van der Waals surface area contributed by atoms with E-state index in [0.29, 0.717) is 0 Å². The summed E-state index contributed by atoms with van der Waals surface area (Å²) < 4.78 is 9.43. The van der Waals surface area contributed by atoms with Crippen molar-refractivity contribution in [2.24, 2.45) is 0 Å². The van der Waals surface area contributed by atoms with Gasteiger partial charge in [0.15, 0.2) is 0 Å². The third kappa shape index (κ3) is 6.26. The molecule has 1 saturated heterocycles. The van der Waals surface area contributed by atoms with Crippen molar-refractivity contribution in [2.45, 2.75) is 24.7 Å². The summed E-state index contributed by atoms with van der Waals surface area (Å²) in [6.07, 6.45) is 2.09. The number of benzene rings is 2. The highest BCUT2D eigenvalue weighted by Gasteiger charge is 2.12. The monoisotopic (exact) mass is 438 g/mol. The zero-order chi connectivity index (χ0) is 21.5. The van der Waals surface area contributed by atoms with Gasteiger partial charge in [0.2, 0.25) is 0 Å². The zero-order valence-corrected chi connectivity index (χ0v) is 19.5. The van der Waals surface area contributed by atoms with Gasteiger partial charge in [0.25, 0.3) is 0 Å². The molecule has 1 aliphatic heterocycles. The van der Waals surface area contributed by atoms with Gasteiger partial charge in [0.1, 0.15) is 5.75 Å². The van der Waals surface area contributed by atoms with Crippen molar-refractivity contribution >= 4 is 22.9 Å². The first kappa shape index (κ1) is 22.2. The number of nitrogens with one attached hydrogen (secondary N) is 2. The summed E-state index contributed by atoms with van der Waals surface area (Å²) in [5.41, 5.74) is 3.90. The van der Waals surface area contributed by atoms with E-state index in [2.05, 4.69) is 82.0 Å². The molecule has 0 aliphatic carbocycles. The maximum absolute atomic E-state index is 5.93. The van der Waals surface area contributed by atoms with Crippen LogP contribution in [-0.4, -0.2) is 67.7 Å². The van der Waals surface area contributed by atoms with E-state index < -0.39 is 0 Å². The third-order valence-electron chi connectivity index (χ3n) is 6.00. The number of ether oxygens (including phenoxy) is 1. The molecule has 4 rings (SSSR count). The van der Waals surface area contributed by atoms with Gasteiger partial charge >= 0.3 is 0 Å². The van der Waals surface area contributed by atoms with Crippen molar-refractivity contribution in [2.75, 3.05) is 52.9 Å².